The van der Waals surface area contributed by atoms with Crippen LogP contribution in [0.2, 0.25) is 0 Å². The van der Waals surface area contributed by atoms with Crippen molar-refractivity contribution >= 4 is 33.8 Å². The lowest BCUT2D eigenvalue weighted by atomic mass is 10.2. The molecule has 178 valence electrons. The van der Waals surface area contributed by atoms with Gasteiger partial charge in [0.25, 0.3) is 0 Å². The summed E-state index contributed by atoms with van der Waals surface area (Å²) in [6.07, 6.45) is 2.54. The van der Waals surface area contributed by atoms with E-state index in [0.29, 0.717) is 24.3 Å². The van der Waals surface area contributed by atoms with E-state index in [1.807, 2.05) is 26.8 Å². The van der Waals surface area contributed by atoms with E-state index in [1.165, 1.54) is 23.1 Å². The molecule has 2 amide bonds. The maximum Gasteiger partial charge on any atom is 0.410 e. The number of nitrogens with one attached hydrogen (secondary N) is 2. The van der Waals surface area contributed by atoms with E-state index in [-0.39, 0.29) is 10.8 Å². The minimum absolute atomic E-state index is 0.166. The van der Waals surface area contributed by atoms with Crippen LogP contribution in [0.25, 0.3) is 6.08 Å². The Hall–Kier alpha value is -3.17. The second-order valence-corrected chi connectivity index (χ2v) is 10.2. The second-order valence-electron chi connectivity index (χ2n) is 8.43. The average molecular weight is 474 g/mol. The van der Waals surface area contributed by atoms with Crippen molar-refractivity contribution in [3.05, 3.63) is 65.7 Å². The quantitative estimate of drug-likeness (QED) is 0.564. The number of sulfonamides is 1. The highest BCUT2D eigenvalue weighted by molar-refractivity contribution is 7.89. The van der Waals surface area contributed by atoms with Gasteiger partial charge >= 0.3 is 6.09 Å². The molecule has 0 bridgehead atoms. The maximum absolute atomic E-state index is 12.3. The van der Waals surface area contributed by atoms with Crippen LogP contribution in [0.5, 0.6) is 0 Å². The summed E-state index contributed by atoms with van der Waals surface area (Å²) in [4.78, 5) is 26.1. The van der Waals surface area contributed by atoms with Gasteiger partial charge in [-0.3, -0.25) is 4.79 Å². The van der Waals surface area contributed by atoms with Crippen LogP contribution in [0.4, 0.5) is 10.5 Å². The predicted molar refractivity (Wildman–Crippen MR) is 129 cm³/mol. The largest absolute Gasteiger partial charge is 0.444 e. The van der Waals surface area contributed by atoms with Gasteiger partial charge in [0, 0.05) is 31.9 Å². The Labute approximate surface area is 195 Å². The molecule has 2 aromatic carbocycles. The number of carbonyl (C=O) groups excluding carboxylic acids is 2. The summed E-state index contributed by atoms with van der Waals surface area (Å²) in [6, 6.07) is 13.4. The van der Waals surface area contributed by atoms with Crippen molar-refractivity contribution in [2.45, 2.75) is 44.7 Å². The van der Waals surface area contributed by atoms with E-state index in [2.05, 4.69) is 10.0 Å². The Kier molecular flexibility index (Phi) is 8.78. The lowest BCUT2D eigenvalue weighted by Crippen LogP contribution is -2.33. The minimum atomic E-state index is -3.51. The highest BCUT2D eigenvalue weighted by atomic mass is 32.2. The molecule has 9 heteroatoms. The van der Waals surface area contributed by atoms with Crippen molar-refractivity contribution in [2.75, 3.05) is 18.9 Å². The van der Waals surface area contributed by atoms with Gasteiger partial charge in [0.2, 0.25) is 15.9 Å². The van der Waals surface area contributed by atoms with Crippen molar-refractivity contribution in [2.24, 2.45) is 0 Å². The summed E-state index contributed by atoms with van der Waals surface area (Å²) in [5.74, 6) is -0.336. The number of benzene rings is 2. The lowest BCUT2D eigenvalue weighted by Gasteiger charge is -2.24. The SMILES string of the molecule is CCNS(=O)(=O)c1ccc(C=CC(=O)Nc2cccc(CN(C)C(=O)OC(C)(C)C)c2)cc1. The standard InChI is InChI=1S/C24H31N3O5S/c1-6-25-33(30,31)21-13-10-18(11-14-21)12-15-22(28)26-20-9-7-8-19(16-20)17-27(5)23(29)32-24(2,3)4/h7-16,25H,6,17H2,1-5H3,(H,26,28). The molecule has 0 aliphatic rings. The molecule has 0 saturated carbocycles. The van der Waals surface area contributed by atoms with Gasteiger partial charge in [-0.1, -0.05) is 31.2 Å². The van der Waals surface area contributed by atoms with Crippen LogP contribution in [-0.4, -0.2) is 44.5 Å². The van der Waals surface area contributed by atoms with E-state index in [1.54, 1.807) is 50.4 Å². The number of carbonyl (C=O) groups is 2. The van der Waals surface area contributed by atoms with Crippen LogP contribution in [0.3, 0.4) is 0 Å². The molecule has 0 aliphatic carbocycles. The summed E-state index contributed by atoms with van der Waals surface area (Å²) < 4.78 is 31.7. The van der Waals surface area contributed by atoms with Gasteiger partial charge in [-0.2, -0.15) is 0 Å². The second kappa shape index (κ2) is 11.1. The maximum atomic E-state index is 12.3. The minimum Gasteiger partial charge on any atom is -0.444 e. The smallest absolute Gasteiger partial charge is 0.410 e. The van der Waals surface area contributed by atoms with Crippen LogP contribution in [0, 0.1) is 0 Å². The van der Waals surface area contributed by atoms with Gasteiger partial charge in [0.1, 0.15) is 5.60 Å². The third-order valence-electron chi connectivity index (χ3n) is 4.27. The Balaban J connectivity index is 1.98. The fraction of sp³-hybridized carbons (Fsp3) is 0.333. The first-order chi connectivity index (χ1) is 15.4. The van der Waals surface area contributed by atoms with Crippen molar-refractivity contribution < 1.29 is 22.7 Å². The fourth-order valence-corrected chi connectivity index (χ4v) is 3.85. The summed E-state index contributed by atoms with van der Waals surface area (Å²) in [5.41, 5.74) is 1.54. The zero-order chi connectivity index (χ0) is 24.6. The highest BCUT2D eigenvalue weighted by Crippen LogP contribution is 2.15. The zero-order valence-electron chi connectivity index (χ0n) is 19.6. The van der Waals surface area contributed by atoms with E-state index >= 15 is 0 Å². The van der Waals surface area contributed by atoms with E-state index in [0.717, 1.165) is 5.56 Å². The molecular weight excluding hydrogens is 442 g/mol. The normalized spacial score (nSPS) is 11.9. The Morgan fingerprint density at radius 3 is 2.36 bits per heavy atom. The number of nitrogens with zero attached hydrogens (tertiary/aromatic N) is 1. The lowest BCUT2D eigenvalue weighted by molar-refractivity contribution is -0.111. The molecule has 0 aliphatic heterocycles. The first-order valence-corrected chi connectivity index (χ1v) is 12.0. The van der Waals surface area contributed by atoms with Gasteiger partial charge in [-0.15, -0.1) is 0 Å². The zero-order valence-corrected chi connectivity index (χ0v) is 20.4. The molecular formula is C24H31N3O5S. The Bertz CT molecular complexity index is 1100. The third-order valence-corrected chi connectivity index (χ3v) is 5.83. The Morgan fingerprint density at radius 1 is 1.09 bits per heavy atom. The van der Waals surface area contributed by atoms with Gasteiger partial charge in [0.15, 0.2) is 0 Å². The first-order valence-electron chi connectivity index (χ1n) is 10.5. The molecule has 2 N–H and O–H groups in total. The Morgan fingerprint density at radius 2 is 1.76 bits per heavy atom. The molecule has 2 aromatic rings. The van der Waals surface area contributed by atoms with Crippen LogP contribution >= 0.6 is 0 Å². The number of anilines is 1. The molecule has 0 saturated heterocycles. The number of amides is 2. The molecule has 0 heterocycles. The van der Waals surface area contributed by atoms with Crippen LogP contribution in [0.1, 0.15) is 38.8 Å². The number of hydrogen-bond acceptors (Lipinski definition) is 5. The first kappa shape index (κ1) is 26.1. The molecule has 0 spiro atoms. The third kappa shape index (κ3) is 8.70. The van der Waals surface area contributed by atoms with Gasteiger partial charge in [-0.05, 0) is 62.2 Å². The van der Waals surface area contributed by atoms with Gasteiger partial charge in [-0.25, -0.2) is 17.9 Å². The van der Waals surface area contributed by atoms with Crippen molar-refractivity contribution in [3.63, 3.8) is 0 Å². The van der Waals surface area contributed by atoms with Crippen molar-refractivity contribution in [1.82, 2.24) is 9.62 Å². The van der Waals surface area contributed by atoms with E-state index in [4.69, 9.17) is 4.74 Å². The number of rotatable bonds is 8. The average Bonchev–Trinajstić information content (AvgIpc) is 2.71. The van der Waals surface area contributed by atoms with Crippen LogP contribution in [-0.2, 0) is 26.1 Å². The topological polar surface area (TPSA) is 105 Å². The molecule has 33 heavy (non-hydrogen) atoms. The fourth-order valence-electron chi connectivity index (χ4n) is 2.81. The summed E-state index contributed by atoms with van der Waals surface area (Å²) in [7, 11) is -1.86. The summed E-state index contributed by atoms with van der Waals surface area (Å²) >= 11 is 0. The summed E-state index contributed by atoms with van der Waals surface area (Å²) in [5, 5.41) is 2.78. The molecule has 0 fully saturated rings. The molecule has 2 rings (SSSR count). The molecule has 0 unspecified atom stereocenters. The monoisotopic (exact) mass is 473 g/mol. The molecule has 0 aromatic heterocycles. The van der Waals surface area contributed by atoms with Crippen LogP contribution in [0.15, 0.2) is 59.5 Å². The summed E-state index contributed by atoms with van der Waals surface area (Å²) in [6.45, 7) is 7.77. The predicted octanol–water partition coefficient (Wildman–Crippen LogP) is 4.00. The van der Waals surface area contributed by atoms with E-state index < -0.39 is 21.7 Å². The number of hydrogen-bond donors (Lipinski definition) is 2. The molecule has 0 radical (unpaired) electrons. The molecule has 0 atom stereocenters. The van der Waals surface area contributed by atoms with Gasteiger partial charge < -0.3 is 15.0 Å². The number of ether oxygens (including phenoxy) is 1. The van der Waals surface area contributed by atoms with E-state index in [9.17, 15) is 18.0 Å². The molecule has 8 nitrogen and oxygen atoms in total. The van der Waals surface area contributed by atoms with Crippen LogP contribution < -0.4 is 10.0 Å². The highest BCUT2D eigenvalue weighted by Gasteiger charge is 2.19. The van der Waals surface area contributed by atoms with Gasteiger partial charge in [0.05, 0.1) is 4.90 Å². The van der Waals surface area contributed by atoms with Crippen molar-refractivity contribution in [1.29, 1.82) is 0 Å². The van der Waals surface area contributed by atoms with Crippen molar-refractivity contribution in [3.8, 4) is 0 Å².